The molecule has 1 rings (SSSR count). The van der Waals surface area contributed by atoms with Crippen molar-refractivity contribution in [1.82, 2.24) is 9.76 Å². The average molecular weight is 429 g/mol. The summed E-state index contributed by atoms with van der Waals surface area (Å²) in [7, 11) is -11.1. The Labute approximate surface area is 147 Å². The third-order valence-electron chi connectivity index (χ3n) is 2.84. The number of rotatable bonds is 10. The number of halogens is 1. The molecule has 2 unspecified atom stereocenters. The van der Waals surface area contributed by atoms with Gasteiger partial charge in [-0.2, -0.15) is 16.8 Å². The average Bonchev–Trinajstić information content (AvgIpc) is 2.43. The van der Waals surface area contributed by atoms with Gasteiger partial charge in [-0.25, -0.2) is 9.76 Å². The van der Waals surface area contributed by atoms with Crippen molar-refractivity contribution in [3.63, 3.8) is 0 Å². The van der Waals surface area contributed by atoms with Crippen molar-refractivity contribution >= 4 is 39.5 Å². The third kappa shape index (κ3) is 8.54. The molecule has 0 saturated carbocycles. The molecule has 1 N–H and O–H groups in total. The maximum Gasteiger partial charge on any atom is 0.343 e. The van der Waals surface area contributed by atoms with Crippen LogP contribution >= 0.6 is 19.3 Å². The minimum absolute atomic E-state index is 0.246. The van der Waals surface area contributed by atoms with E-state index >= 15 is 0 Å². The Balaban J connectivity index is 2.75. The van der Waals surface area contributed by atoms with Crippen molar-refractivity contribution in [3.8, 4) is 0 Å². The highest BCUT2D eigenvalue weighted by Gasteiger charge is 2.35. The molecule has 1 heterocycles. The summed E-state index contributed by atoms with van der Waals surface area (Å²) in [6.07, 6.45) is 1.14. The Kier molecular flexibility index (Phi) is 8.57. The largest absolute Gasteiger partial charge is 0.343 e. The van der Waals surface area contributed by atoms with Crippen molar-refractivity contribution < 1.29 is 34.3 Å². The summed E-state index contributed by atoms with van der Waals surface area (Å²) in [5, 5.41) is 2.63. The van der Waals surface area contributed by atoms with Gasteiger partial charge in [-0.05, 0) is 6.42 Å². The first kappa shape index (κ1) is 22.3. The lowest BCUT2D eigenvalue weighted by molar-refractivity contribution is 0.137. The molecule has 1 fully saturated rings. The quantitative estimate of drug-likeness (QED) is 0.287. The molecule has 0 radical (unpaired) electrons. The number of hydrogen-bond donors (Lipinski definition) is 1. The summed E-state index contributed by atoms with van der Waals surface area (Å²) in [6, 6.07) is 0. The molecule has 1 saturated heterocycles. The molecular weight excluding hydrogens is 407 g/mol. The van der Waals surface area contributed by atoms with E-state index in [1.54, 1.807) is 4.67 Å². The highest BCUT2D eigenvalue weighted by molar-refractivity contribution is 7.86. The van der Waals surface area contributed by atoms with Gasteiger partial charge in [0.1, 0.15) is 6.10 Å². The van der Waals surface area contributed by atoms with E-state index in [2.05, 4.69) is 9.27 Å². The van der Waals surface area contributed by atoms with Gasteiger partial charge in [-0.1, -0.05) is 0 Å². The van der Waals surface area contributed by atoms with Gasteiger partial charge in [0.25, 0.3) is 20.2 Å². The fourth-order valence-electron chi connectivity index (χ4n) is 1.92. The molecule has 144 valence electrons. The van der Waals surface area contributed by atoms with Gasteiger partial charge >= 0.3 is 7.67 Å². The minimum Gasteiger partial charge on any atom is -0.306 e. The predicted molar refractivity (Wildman–Crippen MR) is 89.0 cm³/mol. The minimum atomic E-state index is -3.87. The topological polar surface area (TPSA) is 128 Å². The Morgan fingerprint density at radius 3 is 2.50 bits per heavy atom. The van der Waals surface area contributed by atoms with Crippen LogP contribution in [0.3, 0.4) is 0 Å². The van der Waals surface area contributed by atoms with Crippen molar-refractivity contribution in [2.24, 2.45) is 0 Å². The molecule has 0 bridgehead atoms. The van der Waals surface area contributed by atoms with Crippen LogP contribution in [0.4, 0.5) is 0 Å². The van der Waals surface area contributed by atoms with E-state index in [4.69, 9.17) is 20.3 Å². The van der Waals surface area contributed by atoms with Crippen LogP contribution in [-0.2, 0) is 37.7 Å². The molecule has 0 aromatic rings. The lowest BCUT2D eigenvalue weighted by Crippen LogP contribution is -2.40. The van der Waals surface area contributed by atoms with Crippen molar-refractivity contribution in [2.45, 2.75) is 12.5 Å². The van der Waals surface area contributed by atoms with Gasteiger partial charge in [-0.15, -0.1) is 11.6 Å². The van der Waals surface area contributed by atoms with Crippen molar-refractivity contribution in [1.29, 1.82) is 0 Å². The van der Waals surface area contributed by atoms with Gasteiger partial charge < -0.3 is 4.52 Å². The predicted octanol–water partition coefficient (Wildman–Crippen LogP) is -0.0338. The highest BCUT2D eigenvalue weighted by atomic mass is 35.5. The van der Waals surface area contributed by atoms with Crippen LogP contribution in [0.2, 0.25) is 0 Å². The molecule has 1 aliphatic rings. The van der Waals surface area contributed by atoms with Crippen LogP contribution in [0.15, 0.2) is 0 Å². The van der Waals surface area contributed by atoms with Crippen molar-refractivity contribution in [3.05, 3.63) is 0 Å². The Morgan fingerprint density at radius 2 is 1.96 bits per heavy atom. The SMILES string of the molecule is CS(=O)(=O)OCC(CNP1(=O)OCCCN1CCCl)OS(C)(=O)=O. The van der Waals surface area contributed by atoms with Gasteiger partial charge in [0.2, 0.25) is 0 Å². The van der Waals surface area contributed by atoms with Crippen LogP contribution in [0.5, 0.6) is 0 Å². The van der Waals surface area contributed by atoms with Crippen LogP contribution in [-0.4, -0.2) is 78.8 Å². The van der Waals surface area contributed by atoms with Crippen LogP contribution < -0.4 is 5.09 Å². The number of alkyl halides is 1. The maximum absolute atomic E-state index is 12.8. The second-order valence-corrected chi connectivity index (χ2v) is 10.9. The van der Waals surface area contributed by atoms with E-state index in [-0.39, 0.29) is 19.0 Å². The Hall–Kier alpha value is 0.220. The summed E-state index contributed by atoms with van der Waals surface area (Å²) < 4.78 is 73.6. The second kappa shape index (κ2) is 9.24. The summed E-state index contributed by atoms with van der Waals surface area (Å²) in [5.41, 5.74) is 0. The number of nitrogens with zero attached hydrogens (tertiary/aromatic N) is 1. The first-order valence-corrected chi connectivity index (χ1v) is 12.7. The van der Waals surface area contributed by atoms with E-state index in [1.807, 2.05) is 0 Å². The summed E-state index contributed by atoms with van der Waals surface area (Å²) in [4.78, 5) is 0. The molecule has 0 amide bonds. The zero-order valence-corrected chi connectivity index (χ0v) is 16.7. The molecular formula is C10H22ClN2O8PS2. The fourth-order valence-corrected chi connectivity index (χ4v) is 5.29. The summed E-state index contributed by atoms with van der Waals surface area (Å²) in [5.74, 6) is 0.246. The summed E-state index contributed by atoms with van der Waals surface area (Å²) in [6.45, 7) is 0.311. The number of nitrogens with one attached hydrogen (secondary N) is 1. The molecule has 14 heteroatoms. The fraction of sp³-hybridized carbons (Fsp3) is 1.00. The molecule has 2 atom stereocenters. The first-order valence-electron chi connectivity index (χ1n) is 6.99. The van der Waals surface area contributed by atoms with Crippen LogP contribution in [0.25, 0.3) is 0 Å². The molecule has 1 aliphatic heterocycles. The lowest BCUT2D eigenvalue weighted by Gasteiger charge is -2.35. The monoisotopic (exact) mass is 428 g/mol. The Bertz CT molecular complexity index is 654. The summed E-state index contributed by atoms with van der Waals surface area (Å²) >= 11 is 5.68. The lowest BCUT2D eigenvalue weighted by atomic mass is 10.4. The normalized spacial score (nSPS) is 24.8. The van der Waals surface area contributed by atoms with Crippen molar-refractivity contribution in [2.75, 3.05) is 51.2 Å². The third-order valence-corrected chi connectivity index (χ3v) is 6.45. The second-order valence-electron chi connectivity index (χ2n) is 5.12. The van der Waals surface area contributed by atoms with Crippen LogP contribution in [0, 0.1) is 0 Å². The van der Waals surface area contributed by atoms with Gasteiger partial charge in [-0.3, -0.25) is 12.9 Å². The van der Waals surface area contributed by atoms with Crippen LogP contribution in [0.1, 0.15) is 6.42 Å². The standard InChI is InChI=1S/C10H22ClN2O8PS2/c1-23(15,16)20-9-10(21-24(2,17)18)8-12-22(14)13(6-4-11)5-3-7-19-22/h10H,3-9H2,1-2H3,(H,12,14). The molecule has 0 aromatic heterocycles. The highest BCUT2D eigenvalue weighted by Crippen LogP contribution is 2.48. The van der Waals surface area contributed by atoms with E-state index in [9.17, 15) is 21.4 Å². The Morgan fingerprint density at radius 1 is 1.29 bits per heavy atom. The molecule has 24 heavy (non-hydrogen) atoms. The maximum atomic E-state index is 12.8. The smallest absolute Gasteiger partial charge is 0.306 e. The molecule has 0 aliphatic carbocycles. The van der Waals surface area contributed by atoms with E-state index in [0.29, 0.717) is 19.5 Å². The van der Waals surface area contributed by atoms with E-state index in [0.717, 1.165) is 12.5 Å². The molecule has 0 aromatic carbocycles. The molecule has 0 spiro atoms. The number of hydrogen-bond acceptors (Lipinski definition) is 8. The van der Waals surface area contributed by atoms with Gasteiger partial charge in [0.05, 0.1) is 25.7 Å². The molecule has 10 nitrogen and oxygen atoms in total. The van der Waals surface area contributed by atoms with E-state index < -0.39 is 40.6 Å². The van der Waals surface area contributed by atoms with Gasteiger partial charge in [0.15, 0.2) is 0 Å². The van der Waals surface area contributed by atoms with Gasteiger partial charge in [0, 0.05) is 25.5 Å². The first-order chi connectivity index (χ1) is 11.0. The zero-order chi connectivity index (χ0) is 18.4. The van der Waals surface area contributed by atoms with E-state index in [1.165, 1.54) is 0 Å². The zero-order valence-electron chi connectivity index (χ0n) is 13.4.